The number of aromatic nitrogens is 1. The van der Waals surface area contributed by atoms with Crippen molar-refractivity contribution in [1.29, 1.82) is 0 Å². The normalized spacial score (nSPS) is 14.8. The summed E-state index contributed by atoms with van der Waals surface area (Å²) in [5.74, 6) is 2.06. The van der Waals surface area contributed by atoms with Crippen LogP contribution in [0, 0.1) is 0 Å². The van der Waals surface area contributed by atoms with Gasteiger partial charge in [-0.3, -0.25) is 4.79 Å². The first-order valence-electron chi connectivity index (χ1n) is 9.53. The summed E-state index contributed by atoms with van der Waals surface area (Å²) < 4.78 is 16.7. The van der Waals surface area contributed by atoms with Gasteiger partial charge in [0, 0.05) is 47.9 Å². The van der Waals surface area contributed by atoms with E-state index in [0.717, 1.165) is 29.5 Å². The van der Waals surface area contributed by atoms with Crippen molar-refractivity contribution in [3.63, 3.8) is 0 Å². The van der Waals surface area contributed by atoms with Crippen molar-refractivity contribution in [1.82, 2.24) is 9.88 Å². The molecule has 6 nitrogen and oxygen atoms in total. The number of nitrogens with one attached hydrogen (secondary N) is 1. The third kappa shape index (κ3) is 4.12. The van der Waals surface area contributed by atoms with Crippen LogP contribution < -0.4 is 14.2 Å². The van der Waals surface area contributed by atoms with Crippen LogP contribution in [0.2, 0.25) is 5.02 Å². The second-order valence-electron chi connectivity index (χ2n) is 7.04. The van der Waals surface area contributed by atoms with Crippen LogP contribution in [-0.2, 0) is 0 Å². The number of ether oxygens (including phenoxy) is 3. The molecule has 0 aliphatic carbocycles. The largest absolute Gasteiger partial charge is 0.493 e. The zero-order valence-corrected chi connectivity index (χ0v) is 17.2. The topological polar surface area (TPSA) is 63.8 Å². The van der Waals surface area contributed by atoms with Crippen molar-refractivity contribution < 1.29 is 19.0 Å². The Labute approximate surface area is 174 Å². The number of carbonyl (C=O) groups excluding carboxylic acids is 1. The Hall–Kier alpha value is -2.86. The first kappa shape index (κ1) is 19.5. The van der Waals surface area contributed by atoms with Gasteiger partial charge in [-0.1, -0.05) is 11.6 Å². The fourth-order valence-electron chi connectivity index (χ4n) is 3.63. The van der Waals surface area contributed by atoms with Gasteiger partial charge < -0.3 is 24.1 Å². The van der Waals surface area contributed by atoms with Gasteiger partial charge in [0.15, 0.2) is 11.5 Å². The molecule has 0 atom stereocenters. The number of hydrogen-bond acceptors (Lipinski definition) is 4. The summed E-state index contributed by atoms with van der Waals surface area (Å²) in [6.45, 7) is 1.30. The number of hydrogen-bond donors (Lipinski definition) is 1. The highest BCUT2D eigenvalue weighted by atomic mass is 35.5. The number of methoxy groups -OCH3 is 2. The molecule has 2 aromatic carbocycles. The summed E-state index contributed by atoms with van der Waals surface area (Å²) in [4.78, 5) is 18.0. The van der Waals surface area contributed by atoms with Gasteiger partial charge in [-0.05, 0) is 36.4 Å². The lowest BCUT2D eigenvalue weighted by Crippen LogP contribution is -2.41. The zero-order valence-electron chi connectivity index (χ0n) is 16.4. The zero-order chi connectivity index (χ0) is 20.4. The number of rotatable bonds is 5. The molecule has 7 heteroatoms. The van der Waals surface area contributed by atoms with E-state index in [2.05, 4.69) is 4.98 Å². The van der Waals surface area contributed by atoms with Gasteiger partial charge in [0.25, 0.3) is 5.91 Å². The molecule has 1 amide bonds. The van der Waals surface area contributed by atoms with E-state index in [9.17, 15) is 4.79 Å². The third-order valence-corrected chi connectivity index (χ3v) is 5.45. The van der Waals surface area contributed by atoms with Crippen LogP contribution in [0.3, 0.4) is 0 Å². The highest BCUT2D eigenvalue weighted by Gasteiger charge is 2.26. The molecule has 1 N–H and O–H groups in total. The quantitative estimate of drug-likeness (QED) is 0.666. The van der Waals surface area contributed by atoms with Crippen molar-refractivity contribution in [2.45, 2.75) is 18.9 Å². The number of piperidine rings is 1. The molecular formula is C22H23ClN2O4. The molecule has 4 rings (SSSR count). The maximum atomic E-state index is 13.0. The molecule has 0 spiro atoms. The Kier molecular flexibility index (Phi) is 5.53. The summed E-state index contributed by atoms with van der Waals surface area (Å²) >= 11 is 5.91. The van der Waals surface area contributed by atoms with Crippen LogP contribution in [0.4, 0.5) is 0 Å². The van der Waals surface area contributed by atoms with E-state index in [4.69, 9.17) is 25.8 Å². The first-order valence-corrected chi connectivity index (χ1v) is 9.91. The Morgan fingerprint density at radius 2 is 1.69 bits per heavy atom. The van der Waals surface area contributed by atoms with Gasteiger partial charge in [-0.15, -0.1) is 0 Å². The van der Waals surface area contributed by atoms with Crippen LogP contribution >= 0.6 is 11.6 Å². The Balaban J connectivity index is 1.42. The Bertz CT molecular complexity index is 967. The van der Waals surface area contributed by atoms with Gasteiger partial charge >= 0.3 is 0 Å². The highest BCUT2D eigenvalue weighted by molar-refractivity contribution is 6.30. The van der Waals surface area contributed by atoms with Crippen molar-refractivity contribution in [2.75, 3.05) is 27.3 Å². The average molecular weight is 415 g/mol. The number of nitrogens with zero attached hydrogens (tertiary/aromatic N) is 1. The maximum absolute atomic E-state index is 13.0. The molecule has 152 valence electrons. The second kappa shape index (κ2) is 8.25. The lowest BCUT2D eigenvalue weighted by atomic mass is 10.1. The van der Waals surface area contributed by atoms with Gasteiger partial charge in [-0.25, -0.2) is 0 Å². The van der Waals surface area contributed by atoms with Gasteiger partial charge in [0.2, 0.25) is 0 Å². The number of likely N-dealkylation sites (tertiary alicyclic amines) is 1. The lowest BCUT2D eigenvalue weighted by Gasteiger charge is -2.32. The smallest absolute Gasteiger partial charge is 0.270 e. The number of amides is 1. The van der Waals surface area contributed by atoms with Crippen molar-refractivity contribution in [3.8, 4) is 17.2 Å². The standard InChI is InChI=1S/C22H23ClN2O4/c1-27-20-12-14-11-19(24-18(14)13-21(20)28-2)22(26)25-9-7-17(8-10-25)29-16-5-3-15(23)4-6-16/h3-6,11-13,17,24H,7-10H2,1-2H3. The molecule has 3 aromatic rings. The lowest BCUT2D eigenvalue weighted by molar-refractivity contribution is 0.0591. The van der Waals surface area contributed by atoms with E-state index in [1.165, 1.54) is 0 Å². The van der Waals surface area contributed by atoms with E-state index in [0.29, 0.717) is 35.3 Å². The molecule has 1 aliphatic rings. The molecule has 1 saturated heterocycles. The molecule has 1 aliphatic heterocycles. The summed E-state index contributed by atoms with van der Waals surface area (Å²) in [6.07, 6.45) is 1.67. The Morgan fingerprint density at radius 1 is 1.03 bits per heavy atom. The minimum absolute atomic E-state index is 0.0101. The summed E-state index contributed by atoms with van der Waals surface area (Å²) in [7, 11) is 3.19. The monoisotopic (exact) mass is 414 g/mol. The van der Waals surface area contributed by atoms with E-state index in [-0.39, 0.29) is 12.0 Å². The summed E-state index contributed by atoms with van der Waals surface area (Å²) in [5, 5.41) is 1.60. The van der Waals surface area contributed by atoms with E-state index in [1.807, 2.05) is 47.4 Å². The molecule has 29 heavy (non-hydrogen) atoms. The van der Waals surface area contributed by atoms with Crippen molar-refractivity contribution in [2.24, 2.45) is 0 Å². The van der Waals surface area contributed by atoms with E-state index in [1.54, 1.807) is 14.2 Å². The number of fused-ring (bicyclic) bond motifs is 1. The predicted molar refractivity (Wildman–Crippen MR) is 112 cm³/mol. The SMILES string of the molecule is COc1cc2cc(C(=O)N3CCC(Oc4ccc(Cl)cc4)CC3)[nH]c2cc1OC. The number of benzene rings is 2. The predicted octanol–water partition coefficient (Wildman–Crippen LogP) is 4.52. The van der Waals surface area contributed by atoms with E-state index >= 15 is 0 Å². The highest BCUT2D eigenvalue weighted by Crippen LogP contribution is 2.32. The second-order valence-corrected chi connectivity index (χ2v) is 7.48. The van der Waals surface area contributed by atoms with Crippen molar-refractivity contribution in [3.05, 3.63) is 53.2 Å². The van der Waals surface area contributed by atoms with Crippen LogP contribution in [-0.4, -0.2) is 49.2 Å². The van der Waals surface area contributed by atoms with Gasteiger partial charge in [-0.2, -0.15) is 0 Å². The minimum atomic E-state index is -0.0101. The van der Waals surface area contributed by atoms with Gasteiger partial charge in [0.1, 0.15) is 17.5 Å². The summed E-state index contributed by atoms with van der Waals surface area (Å²) in [5.41, 5.74) is 1.40. The first-order chi connectivity index (χ1) is 14.1. The third-order valence-electron chi connectivity index (χ3n) is 5.20. The Morgan fingerprint density at radius 3 is 2.34 bits per heavy atom. The molecule has 0 bridgehead atoms. The molecule has 0 radical (unpaired) electrons. The molecular weight excluding hydrogens is 392 g/mol. The number of halogens is 1. The van der Waals surface area contributed by atoms with Crippen LogP contribution in [0.25, 0.3) is 10.9 Å². The number of aromatic amines is 1. The molecule has 1 aromatic heterocycles. The van der Waals surface area contributed by atoms with Gasteiger partial charge in [0.05, 0.1) is 14.2 Å². The average Bonchev–Trinajstić information content (AvgIpc) is 3.17. The van der Waals surface area contributed by atoms with Crippen LogP contribution in [0.15, 0.2) is 42.5 Å². The maximum Gasteiger partial charge on any atom is 0.270 e. The molecule has 0 saturated carbocycles. The van der Waals surface area contributed by atoms with Crippen LogP contribution in [0.1, 0.15) is 23.3 Å². The van der Waals surface area contributed by atoms with E-state index < -0.39 is 0 Å². The van der Waals surface area contributed by atoms with Crippen molar-refractivity contribution >= 4 is 28.4 Å². The van der Waals surface area contributed by atoms with Crippen LogP contribution in [0.5, 0.6) is 17.2 Å². The molecule has 1 fully saturated rings. The molecule has 0 unspecified atom stereocenters. The minimum Gasteiger partial charge on any atom is -0.493 e. The fourth-order valence-corrected chi connectivity index (χ4v) is 3.75. The number of H-pyrrole nitrogens is 1. The summed E-state index contributed by atoms with van der Waals surface area (Å²) in [6, 6.07) is 12.9. The fraction of sp³-hybridized carbons (Fsp3) is 0.318. The molecule has 2 heterocycles. The number of carbonyl (C=O) groups is 1.